The number of aryl methyl sites for hydroxylation is 1. The van der Waals surface area contributed by atoms with E-state index in [1.807, 2.05) is 31.2 Å². The Bertz CT molecular complexity index is 667. The van der Waals surface area contributed by atoms with Gasteiger partial charge in [0.1, 0.15) is 0 Å². The standard InChI is InChI=1S/C17H17NO3/c1-12-4-2-5-14(10-12)18-17(19)13-6-7-15-16(11-13)21-9-3-8-20-15/h2,4-7,10-11H,3,8-9H2,1H3,(H,18,19). The van der Waals surface area contributed by atoms with Crippen LogP contribution in [0.25, 0.3) is 0 Å². The summed E-state index contributed by atoms with van der Waals surface area (Å²) in [4.78, 5) is 12.3. The van der Waals surface area contributed by atoms with E-state index in [9.17, 15) is 4.79 Å². The normalized spacial score (nSPS) is 13.4. The monoisotopic (exact) mass is 283 g/mol. The fourth-order valence-electron chi connectivity index (χ4n) is 2.23. The molecule has 0 fully saturated rings. The average molecular weight is 283 g/mol. The molecule has 108 valence electrons. The Morgan fingerprint density at radius 3 is 2.67 bits per heavy atom. The van der Waals surface area contributed by atoms with Gasteiger partial charge in [-0.05, 0) is 42.8 Å². The molecule has 0 saturated heterocycles. The van der Waals surface area contributed by atoms with Gasteiger partial charge in [0, 0.05) is 17.7 Å². The van der Waals surface area contributed by atoms with Crippen LogP contribution in [-0.2, 0) is 0 Å². The molecule has 0 radical (unpaired) electrons. The maximum atomic E-state index is 12.3. The highest BCUT2D eigenvalue weighted by molar-refractivity contribution is 6.04. The molecule has 0 unspecified atom stereocenters. The maximum Gasteiger partial charge on any atom is 0.255 e. The molecule has 1 heterocycles. The number of rotatable bonds is 2. The predicted octanol–water partition coefficient (Wildman–Crippen LogP) is 3.41. The number of anilines is 1. The fourth-order valence-corrected chi connectivity index (χ4v) is 2.23. The first-order chi connectivity index (χ1) is 10.2. The molecule has 1 amide bonds. The van der Waals surface area contributed by atoms with Crippen molar-refractivity contribution in [3.8, 4) is 11.5 Å². The number of carbonyl (C=O) groups excluding carboxylic acids is 1. The van der Waals surface area contributed by atoms with E-state index in [-0.39, 0.29) is 5.91 Å². The van der Waals surface area contributed by atoms with Crippen molar-refractivity contribution in [2.24, 2.45) is 0 Å². The molecule has 1 N–H and O–H groups in total. The molecule has 0 aromatic heterocycles. The summed E-state index contributed by atoms with van der Waals surface area (Å²) in [6, 6.07) is 13.0. The number of nitrogens with one attached hydrogen (secondary N) is 1. The number of benzene rings is 2. The van der Waals surface area contributed by atoms with Crippen molar-refractivity contribution in [1.29, 1.82) is 0 Å². The zero-order valence-corrected chi connectivity index (χ0v) is 11.9. The van der Waals surface area contributed by atoms with Crippen LogP contribution in [0, 0.1) is 6.92 Å². The minimum absolute atomic E-state index is 0.156. The largest absolute Gasteiger partial charge is 0.490 e. The first-order valence-corrected chi connectivity index (χ1v) is 7.00. The minimum Gasteiger partial charge on any atom is -0.490 e. The second-order valence-corrected chi connectivity index (χ2v) is 5.04. The van der Waals surface area contributed by atoms with Crippen LogP contribution in [0.3, 0.4) is 0 Å². The SMILES string of the molecule is Cc1cccc(NC(=O)c2ccc3c(c2)OCCCO3)c1. The van der Waals surface area contributed by atoms with Gasteiger partial charge >= 0.3 is 0 Å². The summed E-state index contributed by atoms with van der Waals surface area (Å²) in [6.07, 6.45) is 0.847. The average Bonchev–Trinajstić information content (AvgIpc) is 2.71. The third-order valence-corrected chi connectivity index (χ3v) is 3.29. The topological polar surface area (TPSA) is 47.6 Å². The molecule has 4 heteroatoms. The van der Waals surface area contributed by atoms with Gasteiger partial charge in [0.2, 0.25) is 0 Å². The van der Waals surface area contributed by atoms with E-state index in [1.165, 1.54) is 0 Å². The molecular formula is C17H17NO3. The lowest BCUT2D eigenvalue weighted by atomic mass is 10.1. The van der Waals surface area contributed by atoms with Gasteiger partial charge in [-0.1, -0.05) is 12.1 Å². The number of carbonyl (C=O) groups is 1. The lowest BCUT2D eigenvalue weighted by Gasteiger charge is -2.10. The second-order valence-electron chi connectivity index (χ2n) is 5.04. The number of hydrogen-bond acceptors (Lipinski definition) is 3. The van der Waals surface area contributed by atoms with Gasteiger partial charge in [0.15, 0.2) is 11.5 Å². The van der Waals surface area contributed by atoms with Crippen molar-refractivity contribution < 1.29 is 14.3 Å². The van der Waals surface area contributed by atoms with Gasteiger partial charge in [-0.2, -0.15) is 0 Å². The quantitative estimate of drug-likeness (QED) is 0.918. The Hall–Kier alpha value is -2.49. The van der Waals surface area contributed by atoms with Crippen molar-refractivity contribution in [3.05, 3.63) is 53.6 Å². The molecule has 21 heavy (non-hydrogen) atoms. The highest BCUT2D eigenvalue weighted by Gasteiger charge is 2.14. The predicted molar refractivity (Wildman–Crippen MR) is 81.2 cm³/mol. The second kappa shape index (κ2) is 5.87. The van der Waals surface area contributed by atoms with E-state index in [0.29, 0.717) is 30.3 Å². The van der Waals surface area contributed by atoms with Gasteiger partial charge in [0.05, 0.1) is 13.2 Å². The van der Waals surface area contributed by atoms with Crippen LogP contribution in [0.5, 0.6) is 11.5 Å². The van der Waals surface area contributed by atoms with Crippen LogP contribution in [0.1, 0.15) is 22.3 Å². The van der Waals surface area contributed by atoms with Gasteiger partial charge in [-0.25, -0.2) is 0 Å². The van der Waals surface area contributed by atoms with Crippen molar-refractivity contribution in [2.75, 3.05) is 18.5 Å². The maximum absolute atomic E-state index is 12.3. The third kappa shape index (κ3) is 3.16. The molecular weight excluding hydrogens is 266 g/mol. The number of amides is 1. The molecule has 1 aliphatic heterocycles. The van der Waals surface area contributed by atoms with Crippen LogP contribution < -0.4 is 14.8 Å². The Morgan fingerprint density at radius 1 is 1.05 bits per heavy atom. The minimum atomic E-state index is -0.156. The van der Waals surface area contributed by atoms with E-state index in [4.69, 9.17) is 9.47 Å². The van der Waals surface area contributed by atoms with Crippen molar-refractivity contribution in [1.82, 2.24) is 0 Å². The molecule has 0 spiro atoms. The zero-order chi connectivity index (χ0) is 14.7. The molecule has 0 saturated carbocycles. The molecule has 2 aromatic carbocycles. The highest BCUT2D eigenvalue weighted by atomic mass is 16.5. The molecule has 0 bridgehead atoms. The Morgan fingerprint density at radius 2 is 1.86 bits per heavy atom. The zero-order valence-electron chi connectivity index (χ0n) is 11.9. The number of ether oxygens (including phenoxy) is 2. The molecule has 0 aliphatic carbocycles. The Kier molecular flexibility index (Phi) is 3.77. The first kappa shape index (κ1) is 13.5. The van der Waals surface area contributed by atoms with Crippen molar-refractivity contribution in [2.45, 2.75) is 13.3 Å². The van der Waals surface area contributed by atoms with Gasteiger partial charge < -0.3 is 14.8 Å². The summed E-state index contributed by atoms with van der Waals surface area (Å²) >= 11 is 0. The first-order valence-electron chi connectivity index (χ1n) is 7.00. The lowest BCUT2D eigenvalue weighted by molar-refractivity contribution is 0.102. The summed E-state index contributed by atoms with van der Waals surface area (Å²) in [5, 5.41) is 2.89. The molecule has 0 atom stereocenters. The third-order valence-electron chi connectivity index (χ3n) is 3.29. The smallest absolute Gasteiger partial charge is 0.255 e. The Labute approximate surface area is 123 Å². The molecule has 2 aromatic rings. The van der Waals surface area contributed by atoms with Crippen molar-refractivity contribution >= 4 is 11.6 Å². The van der Waals surface area contributed by atoms with Crippen LogP contribution in [0.2, 0.25) is 0 Å². The fraction of sp³-hybridized carbons (Fsp3) is 0.235. The summed E-state index contributed by atoms with van der Waals surface area (Å²) in [6.45, 7) is 3.24. The van der Waals surface area contributed by atoms with Gasteiger partial charge in [0.25, 0.3) is 5.91 Å². The van der Waals surface area contributed by atoms with Crippen LogP contribution in [0.15, 0.2) is 42.5 Å². The summed E-state index contributed by atoms with van der Waals surface area (Å²) in [7, 11) is 0. The Balaban J connectivity index is 1.80. The van der Waals surface area contributed by atoms with E-state index < -0.39 is 0 Å². The summed E-state index contributed by atoms with van der Waals surface area (Å²) in [5.74, 6) is 1.17. The van der Waals surface area contributed by atoms with E-state index in [1.54, 1.807) is 18.2 Å². The van der Waals surface area contributed by atoms with E-state index in [2.05, 4.69) is 5.32 Å². The van der Waals surface area contributed by atoms with Crippen molar-refractivity contribution in [3.63, 3.8) is 0 Å². The number of fused-ring (bicyclic) bond motifs is 1. The highest BCUT2D eigenvalue weighted by Crippen LogP contribution is 2.30. The lowest BCUT2D eigenvalue weighted by Crippen LogP contribution is -2.12. The van der Waals surface area contributed by atoms with Crippen LogP contribution in [-0.4, -0.2) is 19.1 Å². The van der Waals surface area contributed by atoms with E-state index in [0.717, 1.165) is 17.7 Å². The van der Waals surface area contributed by atoms with Crippen LogP contribution >= 0.6 is 0 Å². The van der Waals surface area contributed by atoms with E-state index >= 15 is 0 Å². The molecule has 3 rings (SSSR count). The molecule has 4 nitrogen and oxygen atoms in total. The summed E-state index contributed by atoms with van der Waals surface area (Å²) < 4.78 is 11.2. The summed E-state index contributed by atoms with van der Waals surface area (Å²) in [5.41, 5.74) is 2.44. The molecule has 1 aliphatic rings. The van der Waals surface area contributed by atoms with Gasteiger partial charge in [-0.15, -0.1) is 0 Å². The van der Waals surface area contributed by atoms with Crippen LogP contribution in [0.4, 0.5) is 5.69 Å². The number of hydrogen-bond donors (Lipinski definition) is 1. The van der Waals surface area contributed by atoms with Gasteiger partial charge in [-0.3, -0.25) is 4.79 Å².